The molecule has 20 heavy (non-hydrogen) atoms. The van der Waals surface area contributed by atoms with E-state index in [0.29, 0.717) is 5.92 Å². The summed E-state index contributed by atoms with van der Waals surface area (Å²) in [4.78, 5) is 0. The molecule has 1 aliphatic rings. The molecular weight excluding hydrogens is 246 g/mol. The molecule has 0 aromatic carbocycles. The van der Waals surface area contributed by atoms with Crippen molar-refractivity contribution >= 4 is 0 Å². The molecule has 0 amide bonds. The molecule has 3 atom stereocenters. The first-order valence-corrected chi connectivity index (χ1v) is 8.52. The van der Waals surface area contributed by atoms with Crippen molar-refractivity contribution in [1.29, 1.82) is 0 Å². The normalized spacial score (nSPS) is 26.9. The van der Waals surface area contributed by atoms with Crippen molar-refractivity contribution < 1.29 is 0 Å². The predicted molar refractivity (Wildman–Crippen MR) is 84.9 cm³/mol. The summed E-state index contributed by atoms with van der Waals surface area (Å²) in [6.07, 6.45) is 8.65. The first kappa shape index (κ1) is 15.6. The second-order valence-corrected chi connectivity index (χ2v) is 6.23. The molecule has 0 aliphatic heterocycles. The van der Waals surface area contributed by atoms with Crippen molar-refractivity contribution in [3.8, 4) is 0 Å². The molecule has 1 N–H and O–H groups in total. The fourth-order valence-electron chi connectivity index (χ4n) is 3.68. The smallest absolute Gasteiger partial charge is 0.0492 e. The highest BCUT2D eigenvalue weighted by molar-refractivity contribution is 5.11. The standard InChI is InChI=1S/C17H31N3/c1-4-10-18-13-15-8-7-14(5-2)12-16(15)17-9-11-19-20(17)6-3/h9,11,14-16,18H,4-8,10,12-13H2,1-3H3. The lowest BCUT2D eigenvalue weighted by atomic mass is 9.71. The number of aryl methyl sites for hydroxylation is 1. The summed E-state index contributed by atoms with van der Waals surface area (Å²) >= 11 is 0. The van der Waals surface area contributed by atoms with E-state index in [1.165, 1.54) is 44.3 Å². The number of hydrogen-bond acceptors (Lipinski definition) is 2. The van der Waals surface area contributed by atoms with Gasteiger partial charge in [0, 0.05) is 24.4 Å². The van der Waals surface area contributed by atoms with Crippen molar-refractivity contribution in [2.24, 2.45) is 11.8 Å². The number of nitrogens with one attached hydrogen (secondary N) is 1. The molecule has 1 aromatic rings. The minimum Gasteiger partial charge on any atom is -0.316 e. The van der Waals surface area contributed by atoms with Gasteiger partial charge in [0.1, 0.15) is 0 Å². The zero-order valence-electron chi connectivity index (χ0n) is 13.4. The molecule has 0 spiro atoms. The molecule has 1 aliphatic carbocycles. The Labute approximate surface area is 124 Å². The zero-order chi connectivity index (χ0) is 14.4. The van der Waals surface area contributed by atoms with Gasteiger partial charge in [-0.1, -0.05) is 26.7 Å². The Morgan fingerprint density at radius 2 is 2.15 bits per heavy atom. The lowest BCUT2D eigenvalue weighted by molar-refractivity contribution is 0.218. The molecule has 0 radical (unpaired) electrons. The van der Waals surface area contributed by atoms with E-state index in [0.717, 1.165) is 24.9 Å². The summed E-state index contributed by atoms with van der Waals surface area (Å²) in [6, 6.07) is 2.25. The summed E-state index contributed by atoms with van der Waals surface area (Å²) in [7, 11) is 0. The summed E-state index contributed by atoms with van der Waals surface area (Å²) in [5, 5.41) is 8.13. The maximum atomic E-state index is 4.49. The van der Waals surface area contributed by atoms with Crippen molar-refractivity contribution in [2.45, 2.75) is 65.3 Å². The monoisotopic (exact) mass is 277 g/mol. The number of nitrogens with zero attached hydrogens (tertiary/aromatic N) is 2. The van der Waals surface area contributed by atoms with E-state index in [1.807, 2.05) is 6.20 Å². The topological polar surface area (TPSA) is 29.9 Å². The molecule has 1 fully saturated rings. The first-order valence-electron chi connectivity index (χ1n) is 8.52. The minimum absolute atomic E-state index is 0.695. The maximum absolute atomic E-state index is 4.49. The molecule has 3 nitrogen and oxygen atoms in total. The zero-order valence-corrected chi connectivity index (χ0v) is 13.4. The maximum Gasteiger partial charge on any atom is 0.0492 e. The van der Waals surface area contributed by atoms with Gasteiger partial charge in [-0.2, -0.15) is 5.10 Å². The molecule has 1 aromatic heterocycles. The second-order valence-electron chi connectivity index (χ2n) is 6.23. The third-order valence-electron chi connectivity index (χ3n) is 4.94. The predicted octanol–water partition coefficient (Wildman–Crippen LogP) is 3.81. The quantitative estimate of drug-likeness (QED) is 0.768. The van der Waals surface area contributed by atoms with Gasteiger partial charge in [-0.3, -0.25) is 4.68 Å². The van der Waals surface area contributed by atoms with Gasteiger partial charge in [-0.15, -0.1) is 0 Å². The van der Waals surface area contributed by atoms with Gasteiger partial charge in [-0.25, -0.2) is 0 Å². The van der Waals surface area contributed by atoms with Crippen LogP contribution in [0.2, 0.25) is 0 Å². The van der Waals surface area contributed by atoms with E-state index in [9.17, 15) is 0 Å². The molecule has 3 heteroatoms. The van der Waals surface area contributed by atoms with Crippen LogP contribution in [0.4, 0.5) is 0 Å². The highest BCUT2D eigenvalue weighted by Gasteiger charge is 2.32. The van der Waals surface area contributed by atoms with Crippen LogP contribution in [-0.4, -0.2) is 22.9 Å². The van der Waals surface area contributed by atoms with Crippen molar-refractivity contribution in [2.75, 3.05) is 13.1 Å². The second kappa shape index (κ2) is 7.82. The van der Waals surface area contributed by atoms with Gasteiger partial charge >= 0.3 is 0 Å². The molecule has 0 saturated heterocycles. The van der Waals surface area contributed by atoms with Crippen LogP contribution in [-0.2, 0) is 6.54 Å². The van der Waals surface area contributed by atoms with Crippen LogP contribution < -0.4 is 5.32 Å². The average Bonchev–Trinajstić information content (AvgIpc) is 2.96. The number of rotatable bonds is 7. The molecule has 2 rings (SSSR count). The van der Waals surface area contributed by atoms with E-state index >= 15 is 0 Å². The van der Waals surface area contributed by atoms with E-state index in [2.05, 4.69) is 41.9 Å². The average molecular weight is 277 g/mol. The molecule has 1 saturated carbocycles. The van der Waals surface area contributed by atoms with Gasteiger partial charge in [0.15, 0.2) is 0 Å². The van der Waals surface area contributed by atoms with Gasteiger partial charge in [-0.05, 0) is 57.2 Å². The molecular formula is C17H31N3. The Hall–Kier alpha value is -0.830. The SMILES string of the molecule is CCCNCC1CCC(CC)CC1c1ccnn1CC. The highest BCUT2D eigenvalue weighted by Crippen LogP contribution is 2.41. The lowest BCUT2D eigenvalue weighted by Crippen LogP contribution is -2.33. The lowest BCUT2D eigenvalue weighted by Gasteiger charge is -2.36. The Balaban J connectivity index is 2.09. The largest absolute Gasteiger partial charge is 0.316 e. The van der Waals surface area contributed by atoms with Crippen LogP contribution in [0.1, 0.15) is 64.5 Å². The van der Waals surface area contributed by atoms with Crippen LogP contribution in [0, 0.1) is 11.8 Å². The van der Waals surface area contributed by atoms with Crippen LogP contribution in [0.3, 0.4) is 0 Å². The molecule has 0 bridgehead atoms. The molecule has 3 unspecified atom stereocenters. The van der Waals surface area contributed by atoms with Crippen LogP contribution in [0.25, 0.3) is 0 Å². The Morgan fingerprint density at radius 1 is 1.30 bits per heavy atom. The minimum atomic E-state index is 0.695. The van der Waals surface area contributed by atoms with Crippen LogP contribution in [0.5, 0.6) is 0 Å². The summed E-state index contributed by atoms with van der Waals surface area (Å²) in [6.45, 7) is 10.1. The fourth-order valence-corrected chi connectivity index (χ4v) is 3.68. The van der Waals surface area contributed by atoms with Crippen molar-refractivity contribution in [1.82, 2.24) is 15.1 Å². The van der Waals surface area contributed by atoms with Gasteiger partial charge in [0.25, 0.3) is 0 Å². The molecule has 114 valence electrons. The van der Waals surface area contributed by atoms with Gasteiger partial charge in [0.2, 0.25) is 0 Å². The Kier molecular flexibility index (Phi) is 6.08. The Bertz CT molecular complexity index is 383. The fraction of sp³-hybridized carbons (Fsp3) is 0.824. The molecule has 1 heterocycles. The number of aromatic nitrogens is 2. The van der Waals surface area contributed by atoms with Gasteiger partial charge in [0.05, 0.1) is 0 Å². The first-order chi connectivity index (χ1) is 9.80. The van der Waals surface area contributed by atoms with E-state index in [1.54, 1.807) is 0 Å². The third kappa shape index (κ3) is 3.63. The van der Waals surface area contributed by atoms with Gasteiger partial charge < -0.3 is 5.32 Å². The van der Waals surface area contributed by atoms with Crippen LogP contribution >= 0.6 is 0 Å². The Morgan fingerprint density at radius 3 is 2.85 bits per heavy atom. The summed E-state index contributed by atoms with van der Waals surface area (Å²) in [5.41, 5.74) is 1.47. The third-order valence-corrected chi connectivity index (χ3v) is 4.94. The van der Waals surface area contributed by atoms with Crippen LogP contribution in [0.15, 0.2) is 12.3 Å². The van der Waals surface area contributed by atoms with E-state index < -0.39 is 0 Å². The van der Waals surface area contributed by atoms with Crippen molar-refractivity contribution in [3.63, 3.8) is 0 Å². The summed E-state index contributed by atoms with van der Waals surface area (Å²) < 4.78 is 2.20. The highest BCUT2D eigenvalue weighted by atomic mass is 15.3. The van der Waals surface area contributed by atoms with Crippen molar-refractivity contribution in [3.05, 3.63) is 18.0 Å². The van der Waals surface area contributed by atoms with E-state index in [4.69, 9.17) is 0 Å². The van der Waals surface area contributed by atoms with E-state index in [-0.39, 0.29) is 0 Å². The number of hydrogen-bond donors (Lipinski definition) is 1. The summed E-state index contributed by atoms with van der Waals surface area (Å²) in [5.74, 6) is 2.38.